The minimum Gasteiger partial charge on any atom is -0.497 e. The van der Waals surface area contributed by atoms with E-state index in [2.05, 4.69) is 0 Å². The first-order valence-electron chi connectivity index (χ1n) is 8.56. The van der Waals surface area contributed by atoms with Crippen LogP contribution < -0.4 is 14.4 Å². The second-order valence-electron chi connectivity index (χ2n) is 6.27. The summed E-state index contributed by atoms with van der Waals surface area (Å²) in [5.41, 5.74) is 1.29. The lowest BCUT2D eigenvalue weighted by Gasteiger charge is -2.39. The van der Waals surface area contributed by atoms with Crippen LogP contribution in [0.1, 0.15) is 12.5 Å². The molecule has 3 rings (SSSR count). The van der Waals surface area contributed by atoms with Crippen LogP contribution in [0.15, 0.2) is 42.5 Å². The van der Waals surface area contributed by atoms with Gasteiger partial charge < -0.3 is 14.4 Å². The average molecular weight is 358 g/mol. The van der Waals surface area contributed by atoms with Gasteiger partial charge in [-0.15, -0.1) is 0 Å². The van der Waals surface area contributed by atoms with Gasteiger partial charge >= 0.3 is 0 Å². The third kappa shape index (κ3) is 3.51. The lowest BCUT2D eigenvalue weighted by molar-refractivity contribution is -0.125. The number of piperazine rings is 1. The summed E-state index contributed by atoms with van der Waals surface area (Å²) < 4.78 is 24.6. The fourth-order valence-corrected chi connectivity index (χ4v) is 3.22. The van der Waals surface area contributed by atoms with Crippen molar-refractivity contribution in [3.8, 4) is 11.5 Å². The fraction of sp³-hybridized carbons (Fsp3) is 0.350. The number of methoxy groups -OCH3 is 2. The van der Waals surface area contributed by atoms with Gasteiger partial charge in [-0.25, -0.2) is 4.39 Å². The molecule has 1 aliphatic heterocycles. The number of amides is 1. The van der Waals surface area contributed by atoms with Gasteiger partial charge in [-0.1, -0.05) is 18.2 Å². The molecule has 26 heavy (non-hydrogen) atoms. The first-order chi connectivity index (χ1) is 12.5. The summed E-state index contributed by atoms with van der Waals surface area (Å²) in [6, 6.07) is 11.7. The number of ether oxygens (including phenoxy) is 2. The lowest BCUT2D eigenvalue weighted by atomic mass is 10.1. The van der Waals surface area contributed by atoms with E-state index in [-0.39, 0.29) is 17.8 Å². The highest BCUT2D eigenvalue weighted by molar-refractivity contribution is 5.99. The molecular formula is C20H23FN2O3. The molecule has 1 unspecified atom stereocenters. The Morgan fingerprint density at radius 1 is 1.12 bits per heavy atom. The fourth-order valence-electron chi connectivity index (χ4n) is 3.22. The van der Waals surface area contributed by atoms with Crippen molar-refractivity contribution >= 4 is 11.6 Å². The predicted molar refractivity (Wildman–Crippen MR) is 98.2 cm³/mol. The van der Waals surface area contributed by atoms with E-state index in [9.17, 15) is 9.18 Å². The second-order valence-corrected chi connectivity index (χ2v) is 6.27. The number of halogens is 1. The van der Waals surface area contributed by atoms with Crippen molar-refractivity contribution < 1.29 is 18.7 Å². The second kappa shape index (κ2) is 7.74. The molecule has 0 N–H and O–H groups in total. The van der Waals surface area contributed by atoms with Gasteiger partial charge in [0, 0.05) is 31.3 Å². The Kier molecular flexibility index (Phi) is 5.42. The smallest absolute Gasteiger partial charge is 0.244 e. The Labute approximate surface area is 152 Å². The molecule has 0 radical (unpaired) electrons. The van der Waals surface area contributed by atoms with E-state index in [0.29, 0.717) is 42.4 Å². The number of anilines is 1. The number of hydrogen-bond donors (Lipinski definition) is 0. The molecule has 1 amide bonds. The van der Waals surface area contributed by atoms with Crippen LogP contribution in [0.3, 0.4) is 0 Å². The predicted octanol–water partition coefficient (Wildman–Crippen LogP) is 3.08. The van der Waals surface area contributed by atoms with Gasteiger partial charge in [0.05, 0.1) is 25.9 Å². The van der Waals surface area contributed by atoms with Crippen LogP contribution in [0.25, 0.3) is 0 Å². The van der Waals surface area contributed by atoms with Crippen LogP contribution >= 0.6 is 0 Å². The van der Waals surface area contributed by atoms with E-state index >= 15 is 0 Å². The Balaban J connectivity index is 1.81. The molecule has 1 fully saturated rings. The average Bonchev–Trinajstić information content (AvgIpc) is 2.67. The van der Waals surface area contributed by atoms with Gasteiger partial charge in [0.15, 0.2) is 0 Å². The van der Waals surface area contributed by atoms with Gasteiger partial charge in [0.2, 0.25) is 5.91 Å². The maximum atomic E-state index is 13.9. The third-order valence-corrected chi connectivity index (χ3v) is 4.79. The van der Waals surface area contributed by atoms with Crippen molar-refractivity contribution in [1.82, 2.24) is 4.90 Å². The summed E-state index contributed by atoms with van der Waals surface area (Å²) in [6.45, 7) is 3.40. The van der Waals surface area contributed by atoms with Crippen LogP contribution in [0.5, 0.6) is 11.5 Å². The Morgan fingerprint density at radius 3 is 2.58 bits per heavy atom. The van der Waals surface area contributed by atoms with E-state index in [0.717, 1.165) is 0 Å². The zero-order valence-corrected chi connectivity index (χ0v) is 15.2. The molecule has 2 aromatic rings. The third-order valence-electron chi connectivity index (χ3n) is 4.79. The molecular weight excluding hydrogens is 335 g/mol. The van der Waals surface area contributed by atoms with Crippen molar-refractivity contribution in [1.29, 1.82) is 0 Å². The van der Waals surface area contributed by atoms with Gasteiger partial charge in [0.25, 0.3) is 0 Å². The van der Waals surface area contributed by atoms with E-state index < -0.39 is 0 Å². The highest BCUT2D eigenvalue weighted by Crippen LogP contribution is 2.34. The summed E-state index contributed by atoms with van der Waals surface area (Å²) in [6.07, 6.45) is 0. The lowest BCUT2D eigenvalue weighted by Crippen LogP contribution is -2.55. The molecule has 0 aromatic heterocycles. The number of carbonyl (C=O) groups is 1. The molecule has 0 bridgehead atoms. The van der Waals surface area contributed by atoms with Crippen molar-refractivity contribution in [2.45, 2.75) is 19.5 Å². The molecule has 1 heterocycles. The summed E-state index contributed by atoms with van der Waals surface area (Å²) in [7, 11) is 3.16. The van der Waals surface area contributed by atoms with E-state index in [1.54, 1.807) is 49.5 Å². The molecule has 138 valence electrons. The maximum Gasteiger partial charge on any atom is 0.244 e. The Bertz CT molecular complexity index is 796. The number of nitrogens with zero attached hydrogens (tertiary/aromatic N) is 2. The molecule has 1 atom stereocenters. The zero-order chi connectivity index (χ0) is 18.7. The van der Waals surface area contributed by atoms with Gasteiger partial charge in [-0.3, -0.25) is 9.69 Å². The largest absolute Gasteiger partial charge is 0.497 e. The number of carbonyl (C=O) groups excluding carboxylic acids is 1. The molecule has 0 aliphatic carbocycles. The topological polar surface area (TPSA) is 42.0 Å². The molecule has 2 aromatic carbocycles. The van der Waals surface area contributed by atoms with Crippen LogP contribution in [-0.4, -0.2) is 44.2 Å². The Hall–Kier alpha value is -2.60. The quantitative estimate of drug-likeness (QED) is 0.824. The van der Waals surface area contributed by atoms with Crippen molar-refractivity contribution in [2.24, 2.45) is 0 Å². The van der Waals surface area contributed by atoms with Gasteiger partial charge in [0.1, 0.15) is 17.3 Å². The van der Waals surface area contributed by atoms with Crippen LogP contribution in [-0.2, 0) is 11.3 Å². The van der Waals surface area contributed by atoms with Crippen molar-refractivity contribution in [3.05, 3.63) is 53.8 Å². The molecule has 0 spiro atoms. The number of hydrogen-bond acceptors (Lipinski definition) is 4. The zero-order valence-electron chi connectivity index (χ0n) is 15.2. The van der Waals surface area contributed by atoms with Gasteiger partial charge in [-0.05, 0) is 25.1 Å². The monoisotopic (exact) mass is 358 g/mol. The first kappa shape index (κ1) is 18.2. The van der Waals surface area contributed by atoms with Crippen molar-refractivity contribution in [3.63, 3.8) is 0 Å². The highest BCUT2D eigenvalue weighted by atomic mass is 19.1. The van der Waals surface area contributed by atoms with Crippen molar-refractivity contribution in [2.75, 3.05) is 32.2 Å². The molecule has 0 saturated carbocycles. The van der Waals surface area contributed by atoms with Gasteiger partial charge in [-0.2, -0.15) is 0 Å². The van der Waals surface area contributed by atoms with E-state index in [1.165, 1.54) is 6.07 Å². The van der Waals surface area contributed by atoms with Crippen LogP contribution in [0.4, 0.5) is 10.1 Å². The summed E-state index contributed by atoms with van der Waals surface area (Å²) in [5.74, 6) is 0.993. The Morgan fingerprint density at radius 2 is 1.88 bits per heavy atom. The van der Waals surface area contributed by atoms with E-state index in [1.807, 2.05) is 17.9 Å². The summed E-state index contributed by atoms with van der Waals surface area (Å²) >= 11 is 0. The minimum atomic E-state index is -0.362. The standard InChI is InChI=1S/C20H23FN2O3/c1-14-20(24)23(18-12-16(25-2)8-9-19(18)26-3)11-10-22(14)13-15-6-4-5-7-17(15)21/h4-9,12,14H,10-11,13H2,1-3H3. The molecule has 1 saturated heterocycles. The van der Waals surface area contributed by atoms with Crippen LogP contribution in [0, 0.1) is 5.82 Å². The number of rotatable bonds is 5. The maximum absolute atomic E-state index is 13.9. The summed E-state index contributed by atoms with van der Waals surface area (Å²) in [4.78, 5) is 16.7. The van der Waals surface area contributed by atoms with Crippen LogP contribution in [0.2, 0.25) is 0 Å². The SMILES string of the molecule is COc1ccc(OC)c(N2CCN(Cc3ccccc3F)C(C)C2=O)c1. The normalized spacial score (nSPS) is 18.1. The first-order valence-corrected chi connectivity index (χ1v) is 8.56. The molecule has 5 nitrogen and oxygen atoms in total. The molecule has 6 heteroatoms. The summed E-state index contributed by atoms with van der Waals surface area (Å²) in [5, 5.41) is 0. The highest BCUT2D eigenvalue weighted by Gasteiger charge is 2.34. The van der Waals surface area contributed by atoms with E-state index in [4.69, 9.17) is 9.47 Å². The molecule has 1 aliphatic rings. The number of benzene rings is 2. The minimum absolute atomic E-state index is 0.0425.